The van der Waals surface area contributed by atoms with Crippen molar-refractivity contribution in [2.24, 2.45) is 0 Å². The highest BCUT2D eigenvalue weighted by Crippen LogP contribution is 2.38. The molecule has 3 rings (SSSR count). The normalized spacial score (nSPS) is 12.8. The monoisotopic (exact) mass is 349 g/mol. The molecule has 0 atom stereocenters. The minimum Gasteiger partial charge on any atom is -0.486 e. The van der Waals surface area contributed by atoms with Crippen molar-refractivity contribution in [2.45, 2.75) is 13.0 Å². The summed E-state index contributed by atoms with van der Waals surface area (Å²) in [6.45, 7) is 1.34. The predicted molar refractivity (Wildman–Crippen MR) is 89.0 cm³/mol. The number of ether oxygens (including phenoxy) is 2. The van der Waals surface area contributed by atoms with Gasteiger partial charge in [-0.3, -0.25) is 4.79 Å². The van der Waals surface area contributed by atoms with Crippen molar-refractivity contribution in [3.8, 4) is 11.5 Å². The van der Waals surface area contributed by atoms with Crippen LogP contribution in [0.2, 0.25) is 5.02 Å². The zero-order chi connectivity index (χ0) is 17.1. The molecule has 0 aromatic heterocycles. The molecule has 2 aromatic carbocycles. The van der Waals surface area contributed by atoms with Crippen LogP contribution in [0.4, 0.5) is 4.39 Å². The highest BCUT2D eigenvalue weighted by Gasteiger charge is 2.18. The number of rotatable bonds is 4. The first-order chi connectivity index (χ1) is 11.5. The zero-order valence-electron chi connectivity index (χ0n) is 13.2. The van der Waals surface area contributed by atoms with Crippen LogP contribution in [-0.2, 0) is 17.8 Å². The minimum atomic E-state index is -0.293. The fraction of sp³-hybridized carbons (Fsp3) is 0.278. The molecule has 126 valence electrons. The molecule has 1 amide bonds. The van der Waals surface area contributed by atoms with Crippen molar-refractivity contribution in [1.29, 1.82) is 0 Å². The lowest BCUT2D eigenvalue weighted by molar-refractivity contribution is -0.129. The molecule has 24 heavy (non-hydrogen) atoms. The second kappa shape index (κ2) is 7.09. The van der Waals surface area contributed by atoms with Crippen LogP contribution in [0.1, 0.15) is 11.1 Å². The van der Waals surface area contributed by atoms with Crippen LogP contribution in [0.3, 0.4) is 0 Å². The molecule has 0 spiro atoms. The van der Waals surface area contributed by atoms with E-state index < -0.39 is 0 Å². The third-order valence-corrected chi connectivity index (χ3v) is 4.05. The van der Waals surface area contributed by atoms with E-state index >= 15 is 0 Å². The Morgan fingerprint density at radius 2 is 1.88 bits per heavy atom. The fourth-order valence-corrected chi connectivity index (χ4v) is 2.82. The molecule has 0 unspecified atom stereocenters. The van der Waals surface area contributed by atoms with E-state index in [1.165, 1.54) is 12.1 Å². The van der Waals surface area contributed by atoms with Gasteiger partial charge in [-0.15, -0.1) is 0 Å². The van der Waals surface area contributed by atoms with E-state index in [0.29, 0.717) is 36.3 Å². The van der Waals surface area contributed by atoms with Crippen molar-refractivity contribution in [2.75, 3.05) is 20.3 Å². The minimum absolute atomic E-state index is 0.0629. The summed E-state index contributed by atoms with van der Waals surface area (Å²) < 4.78 is 23.9. The topological polar surface area (TPSA) is 38.8 Å². The van der Waals surface area contributed by atoms with Crippen LogP contribution in [0.15, 0.2) is 36.4 Å². The quantitative estimate of drug-likeness (QED) is 0.848. The third-order valence-electron chi connectivity index (χ3n) is 3.77. The molecule has 0 radical (unpaired) electrons. The number of hydrogen-bond donors (Lipinski definition) is 0. The van der Waals surface area contributed by atoms with E-state index in [-0.39, 0.29) is 18.1 Å². The molecule has 4 nitrogen and oxygen atoms in total. The van der Waals surface area contributed by atoms with Gasteiger partial charge in [0.2, 0.25) is 5.91 Å². The molecule has 0 bridgehead atoms. The summed E-state index contributed by atoms with van der Waals surface area (Å²) in [5.41, 5.74) is 1.63. The van der Waals surface area contributed by atoms with Crippen LogP contribution < -0.4 is 9.47 Å². The average Bonchev–Trinajstić information content (AvgIpc) is 2.57. The maximum atomic E-state index is 12.9. The van der Waals surface area contributed by atoms with E-state index in [4.69, 9.17) is 21.1 Å². The summed E-state index contributed by atoms with van der Waals surface area (Å²) in [6.07, 6.45) is 0.202. The van der Waals surface area contributed by atoms with Gasteiger partial charge in [0.25, 0.3) is 0 Å². The van der Waals surface area contributed by atoms with Gasteiger partial charge < -0.3 is 14.4 Å². The lowest BCUT2D eigenvalue weighted by Crippen LogP contribution is -2.27. The van der Waals surface area contributed by atoms with Gasteiger partial charge in [0.1, 0.15) is 19.0 Å². The van der Waals surface area contributed by atoms with Crippen LogP contribution >= 0.6 is 11.6 Å². The molecule has 1 aliphatic rings. The summed E-state index contributed by atoms with van der Waals surface area (Å²) in [5, 5.41) is 0.441. The molecule has 2 aromatic rings. The maximum absolute atomic E-state index is 12.9. The zero-order valence-corrected chi connectivity index (χ0v) is 14.0. The van der Waals surface area contributed by atoms with E-state index in [9.17, 15) is 9.18 Å². The molecule has 0 N–H and O–H groups in total. The van der Waals surface area contributed by atoms with Crippen LogP contribution in [0, 0.1) is 5.82 Å². The summed E-state index contributed by atoms with van der Waals surface area (Å²) in [6, 6.07) is 9.60. The summed E-state index contributed by atoms with van der Waals surface area (Å²) in [5.74, 6) is 0.738. The number of amides is 1. The van der Waals surface area contributed by atoms with Gasteiger partial charge in [0.05, 0.1) is 11.4 Å². The van der Waals surface area contributed by atoms with Crippen LogP contribution in [0.25, 0.3) is 0 Å². The Kier molecular flexibility index (Phi) is 4.90. The van der Waals surface area contributed by atoms with Crippen molar-refractivity contribution >= 4 is 17.5 Å². The van der Waals surface area contributed by atoms with Crippen LogP contribution in [0.5, 0.6) is 11.5 Å². The predicted octanol–water partition coefficient (Wildman–Crippen LogP) is 3.45. The van der Waals surface area contributed by atoms with Crippen molar-refractivity contribution in [1.82, 2.24) is 4.90 Å². The third kappa shape index (κ3) is 3.79. The first kappa shape index (κ1) is 16.6. The van der Waals surface area contributed by atoms with Gasteiger partial charge in [-0.25, -0.2) is 4.39 Å². The molecule has 1 aliphatic heterocycles. The number of carbonyl (C=O) groups excluding carboxylic acids is 1. The number of nitrogens with zero attached hydrogens (tertiary/aromatic N) is 1. The SMILES string of the molecule is CN(Cc1ccc(F)cc1)C(=O)Cc1cc(Cl)c2c(c1)OCCO2. The number of likely N-dealkylation sites (N-methyl/N-ethyl adjacent to an activating group) is 1. The Balaban J connectivity index is 1.67. The number of benzene rings is 2. The van der Waals surface area contributed by atoms with Gasteiger partial charge >= 0.3 is 0 Å². The number of halogens is 2. The first-order valence-electron chi connectivity index (χ1n) is 7.59. The summed E-state index contributed by atoms with van der Waals surface area (Å²) in [7, 11) is 1.71. The van der Waals surface area contributed by atoms with E-state index in [2.05, 4.69) is 0 Å². The lowest BCUT2D eigenvalue weighted by atomic mass is 10.1. The van der Waals surface area contributed by atoms with E-state index in [0.717, 1.165) is 11.1 Å². The molecular weight excluding hydrogens is 333 g/mol. The van der Waals surface area contributed by atoms with Crippen LogP contribution in [-0.4, -0.2) is 31.1 Å². The van der Waals surface area contributed by atoms with Gasteiger partial charge in [-0.2, -0.15) is 0 Å². The largest absolute Gasteiger partial charge is 0.486 e. The standard InChI is InChI=1S/C18H17ClFNO3/c1-21(11-12-2-4-14(20)5-3-12)17(22)10-13-8-15(19)18-16(9-13)23-6-7-24-18/h2-5,8-9H,6-7,10-11H2,1H3. The van der Waals surface area contributed by atoms with Gasteiger partial charge in [-0.1, -0.05) is 23.7 Å². The molecule has 0 fully saturated rings. The van der Waals surface area contributed by atoms with Gasteiger partial charge in [-0.05, 0) is 35.4 Å². The number of carbonyl (C=O) groups is 1. The Morgan fingerprint density at radius 3 is 2.62 bits per heavy atom. The molecule has 0 aliphatic carbocycles. The van der Waals surface area contributed by atoms with E-state index in [1.807, 2.05) is 0 Å². The maximum Gasteiger partial charge on any atom is 0.227 e. The molecule has 6 heteroatoms. The number of fused-ring (bicyclic) bond motifs is 1. The van der Waals surface area contributed by atoms with Gasteiger partial charge in [0, 0.05) is 13.6 Å². The molecular formula is C18H17ClFNO3. The highest BCUT2D eigenvalue weighted by molar-refractivity contribution is 6.32. The Labute approximate surface area is 144 Å². The smallest absolute Gasteiger partial charge is 0.227 e. The fourth-order valence-electron chi connectivity index (χ4n) is 2.53. The van der Waals surface area contributed by atoms with Crippen molar-refractivity contribution < 1.29 is 18.7 Å². The van der Waals surface area contributed by atoms with Crippen molar-refractivity contribution in [3.05, 3.63) is 58.4 Å². The Morgan fingerprint density at radius 1 is 1.17 bits per heavy atom. The lowest BCUT2D eigenvalue weighted by Gasteiger charge is -2.21. The van der Waals surface area contributed by atoms with Crippen molar-refractivity contribution in [3.63, 3.8) is 0 Å². The first-order valence-corrected chi connectivity index (χ1v) is 7.97. The van der Waals surface area contributed by atoms with E-state index in [1.54, 1.807) is 36.2 Å². The van der Waals surface area contributed by atoms with Gasteiger partial charge in [0.15, 0.2) is 11.5 Å². The molecule has 0 saturated heterocycles. The molecule has 0 saturated carbocycles. The number of hydrogen-bond acceptors (Lipinski definition) is 3. The Bertz CT molecular complexity index is 749. The molecule has 1 heterocycles. The average molecular weight is 350 g/mol. The highest BCUT2D eigenvalue weighted by atomic mass is 35.5. The Hall–Kier alpha value is -2.27. The second-order valence-electron chi connectivity index (χ2n) is 5.65. The summed E-state index contributed by atoms with van der Waals surface area (Å²) >= 11 is 6.19. The summed E-state index contributed by atoms with van der Waals surface area (Å²) in [4.78, 5) is 14.0. The second-order valence-corrected chi connectivity index (χ2v) is 6.06.